The second kappa shape index (κ2) is 8.42. The van der Waals surface area contributed by atoms with Gasteiger partial charge in [-0.2, -0.15) is 10.4 Å². The number of fused-ring (bicyclic) bond motifs is 1. The molecule has 0 bridgehead atoms. The fourth-order valence-electron chi connectivity index (χ4n) is 4.03. The van der Waals surface area contributed by atoms with E-state index >= 15 is 0 Å². The lowest BCUT2D eigenvalue weighted by molar-refractivity contribution is 0.866. The van der Waals surface area contributed by atoms with Gasteiger partial charge in [-0.25, -0.2) is 9.67 Å². The zero-order chi connectivity index (χ0) is 22.9. The van der Waals surface area contributed by atoms with Crippen molar-refractivity contribution in [1.82, 2.24) is 14.8 Å². The predicted molar refractivity (Wildman–Crippen MR) is 134 cm³/mol. The van der Waals surface area contributed by atoms with Crippen LogP contribution in [0.4, 0.5) is 5.82 Å². The Morgan fingerprint density at radius 3 is 2.03 bits per heavy atom. The van der Waals surface area contributed by atoms with Crippen LogP contribution in [0.15, 0.2) is 84.9 Å². The van der Waals surface area contributed by atoms with Gasteiger partial charge in [-0.3, -0.25) is 0 Å². The maximum absolute atomic E-state index is 10.3. The summed E-state index contributed by atoms with van der Waals surface area (Å²) in [6.45, 7) is 0. The quantitative estimate of drug-likeness (QED) is 0.321. The van der Waals surface area contributed by atoms with Crippen LogP contribution < -0.4 is 4.90 Å². The van der Waals surface area contributed by atoms with Crippen molar-refractivity contribution < 1.29 is 0 Å². The first-order valence-corrected chi connectivity index (χ1v) is 10.9. The minimum atomic E-state index is 0.500. The van der Waals surface area contributed by atoms with Gasteiger partial charge < -0.3 is 4.90 Å². The average molecular weight is 450 g/mol. The Balaban J connectivity index is 1.96. The lowest BCUT2D eigenvalue weighted by atomic mass is 9.99. The number of benzene rings is 3. The molecule has 0 fully saturated rings. The summed E-state index contributed by atoms with van der Waals surface area (Å²) in [6.07, 6.45) is 0. The summed E-state index contributed by atoms with van der Waals surface area (Å²) in [5.41, 5.74) is 5.17. The van der Waals surface area contributed by atoms with Gasteiger partial charge in [-0.05, 0) is 24.3 Å². The van der Waals surface area contributed by atoms with Crippen molar-refractivity contribution in [1.29, 1.82) is 5.26 Å². The van der Waals surface area contributed by atoms with E-state index in [0.717, 1.165) is 28.0 Å². The second-order valence-electron chi connectivity index (χ2n) is 7.86. The molecule has 0 amide bonds. The number of halogens is 1. The van der Waals surface area contributed by atoms with Gasteiger partial charge in [0.05, 0.1) is 28.0 Å². The summed E-state index contributed by atoms with van der Waals surface area (Å²) in [7, 11) is 3.92. The third-order valence-electron chi connectivity index (χ3n) is 5.50. The van der Waals surface area contributed by atoms with Crippen LogP contribution in [0.5, 0.6) is 0 Å². The molecule has 5 nitrogen and oxygen atoms in total. The van der Waals surface area contributed by atoms with Crippen LogP contribution in [0.2, 0.25) is 5.02 Å². The molecule has 2 heterocycles. The first-order chi connectivity index (χ1) is 16.1. The molecule has 0 saturated heterocycles. The topological polar surface area (TPSA) is 57.7 Å². The molecular formula is C27H20ClN5. The molecule has 0 aliphatic rings. The summed E-state index contributed by atoms with van der Waals surface area (Å²) in [5, 5.41) is 16.7. The van der Waals surface area contributed by atoms with Crippen LogP contribution in [0, 0.1) is 11.3 Å². The van der Waals surface area contributed by atoms with E-state index in [1.807, 2.05) is 109 Å². The molecular weight excluding hydrogens is 430 g/mol. The van der Waals surface area contributed by atoms with Crippen LogP contribution in [0.1, 0.15) is 5.56 Å². The monoisotopic (exact) mass is 449 g/mol. The number of rotatable bonds is 4. The molecule has 6 heteroatoms. The Labute approximate surface area is 197 Å². The first kappa shape index (κ1) is 20.7. The molecule has 3 aromatic carbocycles. The molecule has 0 unspecified atom stereocenters. The number of hydrogen-bond donors (Lipinski definition) is 0. The summed E-state index contributed by atoms with van der Waals surface area (Å²) < 4.78 is 1.88. The Kier molecular flexibility index (Phi) is 5.29. The lowest BCUT2D eigenvalue weighted by Crippen LogP contribution is -2.14. The molecule has 0 N–H and O–H groups in total. The van der Waals surface area contributed by atoms with Gasteiger partial charge in [-0.15, -0.1) is 0 Å². The van der Waals surface area contributed by atoms with Gasteiger partial charge in [0, 0.05) is 30.2 Å². The van der Waals surface area contributed by atoms with Gasteiger partial charge in [0.25, 0.3) is 0 Å². The van der Waals surface area contributed by atoms with E-state index in [1.54, 1.807) is 0 Å². The fourth-order valence-corrected chi connectivity index (χ4v) is 4.16. The SMILES string of the molecule is CN(C)c1c2c(C#N)c(-c3ccccc3)nc(-c3ccc(Cl)cc3)c2nn1-c1ccccc1. The minimum Gasteiger partial charge on any atom is -0.362 e. The molecule has 0 aliphatic carbocycles. The maximum Gasteiger partial charge on any atom is 0.141 e. The molecule has 2 aromatic heterocycles. The predicted octanol–water partition coefficient (Wildman–Crippen LogP) is 6.35. The van der Waals surface area contributed by atoms with Gasteiger partial charge in [0.2, 0.25) is 0 Å². The lowest BCUT2D eigenvalue weighted by Gasteiger charge is -2.16. The summed E-state index contributed by atoms with van der Waals surface area (Å²) in [6, 6.07) is 29.7. The van der Waals surface area contributed by atoms with Gasteiger partial charge in [0.15, 0.2) is 0 Å². The van der Waals surface area contributed by atoms with Crippen molar-refractivity contribution in [3.05, 3.63) is 95.5 Å². The van der Waals surface area contributed by atoms with Gasteiger partial charge >= 0.3 is 0 Å². The highest BCUT2D eigenvalue weighted by molar-refractivity contribution is 6.30. The van der Waals surface area contributed by atoms with Crippen LogP contribution in [-0.2, 0) is 0 Å². The van der Waals surface area contributed by atoms with Gasteiger partial charge in [-0.1, -0.05) is 72.3 Å². The number of pyridine rings is 1. The molecule has 0 radical (unpaired) electrons. The molecule has 33 heavy (non-hydrogen) atoms. The van der Waals surface area contributed by atoms with Crippen molar-refractivity contribution in [3.8, 4) is 34.3 Å². The van der Waals surface area contributed by atoms with Gasteiger partial charge in [0.1, 0.15) is 17.4 Å². The highest BCUT2D eigenvalue weighted by Gasteiger charge is 2.25. The van der Waals surface area contributed by atoms with Crippen molar-refractivity contribution in [2.45, 2.75) is 0 Å². The van der Waals surface area contributed by atoms with Crippen molar-refractivity contribution in [2.75, 3.05) is 19.0 Å². The zero-order valence-electron chi connectivity index (χ0n) is 18.2. The number of para-hydroxylation sites is 1. The Bertz CT molecular complexity index is 1480. The van der Waals surface area contributed by atoms with Crippen LogP contribution in [-0.4, -0.2) is 28.9 Å². The van der Waals surface area contributed by atoms with Crippen LogP contribution in [0.3, 0.4) is 0 Å². The van der Waals surface area contributed by atoms with E-state index in [4.69, 9.17) is 21.7 Å². The highest BCUT2D eigenvalue weighted by atomic mass is 35.5. The highest BCUT2D eigenvalue weighted by Crippen LogP contribution is 2.40. The molecule has 0 atom stereocenters. The van der Waals surface area contributed by atoms with E-state index in [0.29, 0.717) is 27.5 Å². The number of nitriles is 1. The Morgan fingerprint density at radius 1 is 0.818 bits per heavy atom. The van der Waals surface area contributed by atoms with Crippen molar-refractivity contribution in [2.24, 2.45) is 0 Å². The molecule has 160 valence electrons. The molecule has 0 saturated carbocycles. The third-order valence-corrected chi connectivity index (χ3v) is 5.75. The smallest absolute Gasteiger partial charge is 0.141 e. The van der Waals surface area contributed by atoms with Crippen molar-refractivity contribution >= 4 is 28.3 Å². The average Bonchev–Trinajstić information content (AvgIpc) is 3.26. The molecule has 0 aliphatic heterocycles. The normalized spacial score (nSPS) is 10.8. The Morgan fingerprint density at radius 2 is 1.42 bits per heavy atom. The number of nitrogens with zero attached hydrogens (tertiary/aromatic N) is 5. The van der Waals surface area contributed by atoms with E-state index in [9.17, 15) is 5.26 Å². The second-order valence-corrected chi connectivity index (χ2v) is 8.29. The summed E-state index contributed by atoms with van der Waals surface area (Å²) in [4.78, 5) is 6.98. The Hall–Kier alpha value is -4.14. The number of hydrogen-bond acceptors (Lipinski definition) is 4. The number of anilines is 1. The molecule has 5 rings (SSSR count). The van der Waals surface area contributed by atoms with Crippen molar-refractivity contribution in [3.63, 3.8) is 0 Å². The van der Waals surface area contributed by atoms with E-state index in [2.05, 4.69) is 6.07 Å². The van der Waals surface area contributed by atoms with E-state index < -0.39 is 0 Å². The van der Waals surface area contributed by atoms with E-state index in [1.165, 1.54) is 0 Å². The molecule has 0 spiro atoms. The summed E-state index contributed by atoms with van der Waals surface area (Å²) in [5.74, 6) is 0.822. The maximum atomic E-state index is 10.3. The van der Waals surface area contributed by atoms with E-state index in [-0.39, 0.29) is 0 Å². The largest absolute Gasteiger partial charge is 0.362 e. The molecule has 5 aromatic rings. The third kappa shape index (κ3) is 3.61. The number of aromatic nitrogens is 3. The first-order valence-electron chi connectivity index (χ1n) is 10.5. The standard InChI is InChI=1S/C27H20ClN5/c1-32(2)27-23-22(17-29)24(18-9-5-3-6-10-18)30-25(19-13-15-20(28)16-14-19)26(23)31-33(27)21-11-7-4-8-12-21/h3-16H,1-2H3. The minimum absolute atomic E-state index is 0.500. The zero-order valence-corrected chi connectivity index (χ0v) is 19.0. The van der Waals surface area contributed by atoms with Crippen LogP contribution >= 0.6 is 11.6 Å². The summed E-state index contributed by atoms with van der Waals surface area (Å²) >= 11 is 6.15. The fraction of sp³-hybridized carbons (Fsp3) is 0.0741. The van der Waals surface area contributed by atoms with Crippen LogP contribution in [0.25, 0.3) is 39.1 Å².